The summed E-state index contributed by atoms with van der Waals surface area (Å²) in [6.45, 7) is 4.45. The molecule has 0 aliphatic rings. The van der Waals surface area contributed by atoms with Gasteiger partial charge in [-0.2, -0.15) is 13.5 Å². The summed E-state index contributed by atoms with van der Waals surface area (Å²) in [6.07, 6.45) is 1.46. The van der Waals surface area contributed by atoms with Crippen LogP contribution in [0.1, 0.15) is 22.3 Å². The molecule has 0 heterocycles. The van der Waals surface area contributed by atoms with E-state index in [1.807, 2.05) is 49.4 Å². The molecule has 6 heteroatoms. The molecule has 0 saturated heterocycles. The quantitative estimate of drug-likeness (QED) is 0.482. The maximum atomic E-state index is 12.2. The second kappa shape index (κ2) is 8.71. The van der Waals surface area contributed by atoms with Gasteiger partial charge in [-0.3, -0.25) is 0 Å². The summed E-state index contributed by atoms with van der Waals surface area (Å²) in [4.78, 5) is 2.40. The third kappa shape index (κ3) is 5.20. The Bertz CT molecular complexity index is 1060. The zero-order valence-corrected chi connectivity index (χ0v) is 16.6. The summed E-state index contributed by atoms with van der Waals surface area (Å²) in [5.74, 6) is 0.737. The molecule has 0 saturated carbocycles. The molecule has 28 heavy (non-hydrogen) atoms. The molecule has 1 N–H and O–H groups in total. The van der Waals surface area contributed by atoms with E-state index in [9.17, 15) is 8.42 Å². The minimum Gasteiger partial charge on any atom is -0.489 e. The van der Waals surface area contributed by atoms with Crippen LogP contribution >= 0.6 is 0 Å². The first-order valence-corrected chi connectivity index (χ1v) is 10.3. The Hall–Kier alpha value is -3.12. The summed E-state index contributed by atoms with van der Waals surface area (Å²) in [7, 11) is -3.67. The topological polar surface area (TPSA) is 67.8 Å². The van der Waals surface area contributed by atoms with Gasteiger partial charge in [-0.15, -0.1) is 0 Å². The molecule has 144 valence electrons. The van der Waals surface area contributed by atoms with Crippen molar-refractivity contribution in [3.05, 3.63) is 95.1 Å². The highest BCUT2D eigenvalue weighted by molar-refractivity contribution is 7.89. The van der Waals surface area contributed by atoms with Crippen molar-refractivity contribution < 1.29 is 13.2 Å². The van der Waals surface area contributed by atoms with Gasteiger partial charge in [0.15, 0.2) is 0 Å². The van der Waals surface area contributed by atoms with Crippen molar-refractivity contribution in [2.45, 2.75) is 25.3 Å². The molecule has 0 radical (unpaired) electrons. The summed E-state index contributed by atoms with van der Waals surface area (Å²) in [5.41, 5.74) is 4.08. The number of nitrogens with one attached hydrogen (secondary N) is 1. The monoisotopic (exact) mass is 394 g/mol. The maximum Gasteiger partial charge on any atom is 0.276 e. The van der Waals surface area contributed by atoms with Gasteiger partial charge in [0.05, 0.1) is 11.1 Å². The molecule has 0 spiro atoms. The van der Waals surface area contributed by atoms with Gasteiger partial charge in [-0.1, -0.05) is 42.0 Å². The third-order valence-electron chi connectivity index (χ3n) is 4.25. The van der Waals surface area contributed by atoms with Gasteiger partial charge in [-0.25, -0.2) is 4.83 Å². The van der Waals surface area contributed by atoms with Crippen LogP contribution in [0.3, 0.4) is 0 Å². The highest BCUT2D eigenvalue weighted by Gasteiger charge is 2.11. The standard InChI is InChI=1S/C22H22N2O3S/c1-17-7-13-22(14-8-17)28(25,26)24-23-15-19-9-11-21(12-10-19)27-16-20-6-4-3-5-18(20)2/h3-15,24H,16H2,1-2H3/b23-15+. The van der Waals surface area contributed by atoms with E-state index in [1.165, 1.54) is 11.8 Å². The fourth-order valence-electron chi connectivity index (χ4n) is 2.52. The average molecular weight is 394 g/mol. The van der Waals surface area contributed by atoms with Crippen molar-refractivity contribution >= 4 is 16.2 Å². The van der Waals surface area contributed by atoms with Crippen LogP contribution in [0.4, 0.5) is 0 Å². The van der Waals surface area contributed by atoms with Crippen molar-refractivity contribution in [1.82, 2.24) is 4.83 Å². The lowest BCUT2D eigenvalue weighted by atomic mass is 10.1. The third-order valence-corrected chi connectivity index (χ3v) is 5.49. The first-order valence-electron chi connectivity index (χ1n) is 8.83. The number of sulfonamides is 1. The Morgan fingerprint density at radius 1 is 0.929 bits per heavy atom. The normalized spacial score (nSPS) is 11.5. The minimum atomic E-state index is -3.67. The number of benzene rings is 3. The Morgan fingerprint density at radius 3 is 2.29 bits per heavy atom. The van der Waals surface area contributed by atoms with E-state index in [1.54, 1.807) is 24.3 Å². The van der Waals surface area contributed by atoms with Crippen LogP contribution < -0.4 is 9.57 Å². The molecule has 3 rings (SSSR count). The molecule has 0 aromatic heterocycles. The van der Waals surface area contributed by atoms with Gasteiger partial charge in [0.2, 0.25) is 0 Å². The summed E-state index contributed by atoms with van der Waals surface area (Å²) in [6, 6.07) is 22.0. The minimum absolute atomic E-state index is 0.176. The lowest BCUT2D eigenvalue weighted by Gasteiger charge is -2.08. The maximum absolute atomic E-state index is 12.2. The first kappa shape index (κ1) is 19.6. The molecular weight excluding hydrogens is 372 g/mol. The predicted molar refractivity (Wildman–Crippen MR) is 111 cm³/mol. The van der Waals surface area contributed by atoms with Crippen LogP contribution in [0.5, 0.6) is 5.75 Å². The van der Waals surface area contributed by atoms with Crippen molar-refractivity contribution in [2.75, 3.05) is 0 Å². The molecule has 0 aliphatic heterocycles. The predicted octanol–water partition coefficient (Wildman–Crippen LogP) is 4.19. The van der Waals surface area contributed by atoms with Crippen LogP contribution in [-0.2, 0) is 16.6 Å². The van der Waals surface area contributed by atoms with Gasteiger partial charge >= 0.3 is 0 Å². The van der Waals surface area contributed by atoms with Crippen molar-refractivity contribution in [3.8, 4) is 5.75 Å². The van der Waals surface area contributed by atoms with E-state index in [0.717, 1.165) is 22.4 Å². The number of ether oxygens (including phenoxy) is 1. The summed E-state index contributed by atoms with van der Waals surface area (Å²) < 4.78 is 30.2. The van der Waals surface area contributed by atoms with Gasteiger partial charge in [-0.05, 0) is 66.9 Å². The Kier molecular flexibility index (Phi) is 6.11. The van der Waals surface area contributed by atoms with Crippen LogP contribution in [0.25, 0.3) is 0 Å². The van der Waals surface area contributed by atoms with Crippen LogP contribution in [0.2, 0.25) is 0 Å². The molecule has 5 nitrogen and oxygen atoms in total. The molecule has 0 fully saturated rings. The zero-order valence-electron chi connectivity index (χ0n) is 15.8. The van der Waals surface area contributed by atoms with E-state index < -0.39 is 10.0 Å². The molecule has 0 atom stereocenters. The number of hydrogen-bond donors (Lipinski definition) is 1. The number of hydrazone groups is 1. The number of nitrogens with zero attached hydrogens (tertiary/aromatic N) is 1. The second-order valence-corrected chi connectivity index (χ2v) is 8.11. The van der Waals surface area contributed by atoms with Gasteiger partial charge in [0, 0.05) is 0 Å². The zero-order chi connectivity index (χ0) is 20.0. The number of aryl methyl sites for hydroxylation is 2. The smallest absolute Gasteiger partial charge is 0.276 e. The molecule has 3 aromatic rings. The average Bonchev–Trinajstić information content (AvgIpc) is 2.69. The first-order chi connectivity index (χ1) is 13.4. The Balaban J connectivity index is 1.58. The molecule has 0 bridgehead atoms. The van der Waals surface area contributed by atoms with E-state index >= 15 is 0 Å². The van der Waals surface area contributed by atoms with E-state index in [0.29, 0.717) is 6.61 Å². The summed E-state index contributed by atoms with van der Waals surface area (Å²) >= 11 is 0. The lowest BCUT2D eigenvalue weighted by molar-refractivity contribution is 0.305. The van der Waals surface area contributed by atoms with Gasteiger partial charge < -0.3 is 4.74 Å². The van der Waals surface area contributed by atoms with E-state index in [2.05, 4.69) is 22.9 Å². The highest BCUT2D eigenvalue weighted by Crippen LogP contribution is 2.15. The van der Waals surface area contributed by atoms with Crippen molar-refractivity contribution in [3.63, 3.8) is 0 Å². The van der Waals surface area contributed by atoms with Crippen LogP contribution in [0.15, 0.2) is 82.8 Å². The molecule has 0 aliphatic carbocycles. The molecule has 0 amide bonds. The van der Waals surface area contributed by atoms with Crippen LogP contribution in [0, 0.1) is 13.8 Å². The highest BCUT2D eigenvalue weighted by atomic mass is 32.2. The Morgan fingerprint density at radius 2 is 1.61 bits per heavy atom. The summed E-state index contributed by atoms with van der Waals surface area (Å²) in [5, 5.41) is 3.84. The Labute approximate surface area is 165 Å². The fraction of sp³-hybridized carbons (Fsp3) is 0.136. The second-order valence-electron chi connectivity index (χ2n) is 6.45. The fourth-order valence-corrected chi connectivity index (χ4v) is 3.31. The van der Waals surface area contributed by atoms with Crippen molar-refractivity contribution in [1.29, 1.82) is 0 Å². The largest absolute Gasteiger partial charge is 0.489 e. The number of hydrogen-bond acceptors (Lipinski definition) is 4. The molecular formula is C22H22N2O3S. The lowest BCUT2D eigenvalue weighted by Crippen LogP contribution is -2.18. The number of rotatable bonds is 7. The van der Waals surface area contributed by atoms with E-state index in [4.69, 9.17) is 4.74 Å². The van der Waals surface area contributed by atoms with Gasteiger partial charge in [0.25, 0.3) is 10.0 Å². The van der Waals surface area contributed by atoms with E-state index in [-0.39, 0.29) is 4.90 Å². The van der Waals surface area contributed by atoms with Crippen LogP contribution in [-0.4, -0.2) is 14.6 Å². The SMILES string of the molecule is Cc1ccc(S(=O)(=O)N/N=C/c2ccc(OCc3ccccc3C)cc2)cc1. The molecule has 0 unspecified atom stereocenters. The molecule has 3 aromatic carbocycles. The van der Waals surface area contributed by atoms with Gasteiger partial charge in [0.1, 0.15) is 12.4 Å². The van der Waals surface area contributed by atoms with Crippen molar-refractivity contribution in [2.24, 2.45) is 5.10 Å².